The third-order valence-corrected chi connectivity index (χ3v) is 4.11. The Morgan fingerprint density at radius 3 is 2.64 bits per heavy atom. The van der Waals surface area contributed by atoms with E-state index in [1.165, 1.54) is 0 Å². The maximum atomic E-state index is 12.0. The number of pyridine rings is 1. The van der Waals surface area contributed by atoms with E-state index in [0.717, 1.165) is 11.3 Å². The lowest BCUT2D eigenvalue weighted by atomic mass is 10.1. The predicted molar refractivity (Wildman–Crippen MR) is 96.9 cm³/mol. The minimum atomic E-state index is -0.133. The number of carbonyl (C=O) groups excluding carboxylic acids is 2. The highest BCUT2D eigenvalue weighted by Crippen LogP contribution is 2.12. The second-order valence-electron chi connectivity index (χ2n) is 5.73. The van der Waals surface area contributed by atoms with Crippen molar-refractivity contribution in [2.45, 2.75) is 19.3 Å². The third kappa shape index (κ3) is 4.67. The average molecular weight is 356 g/mol. The molecule has 25 heavy (non-hydrogen) atoms. The molecule has 128 valence electrons. The number of hydrogen-bond acceptors (Lipinski definition) is 3. The second kappa shape index (κ2) is 7.94. The Bertz CT molecular complexity index is 854. The molecule has 3 rings (SSSR count). The predicted octanol–water partition coefficient (Wildman–Crippen LogP) is 3.31. The van der Waals surface area contributed by atoms with E-state index in [4.69, 9.17) is 11.6 Å². The van der Waals surface area contributed by atoms with Gasteiger partial charge in [-0.15, -0.1) is 0 Å². The molecular weight excluding hydrogens is 338 g/mol. The number of amides is 1. The first-order chi connectivity index (χ1) is 12.1. The topological polar surface area (TPSA) is 63.5 Å². The quantitative estimate of drug-likeness (QED) is 0.661. The Morgan fingerprint density at radius 1 is 1.08 bits per heavy atom. The largest absolute Gasteiger partial charge is 0.356 e. The van der Waals surface area contributed by atoms with Crippen LogP contribution in [0.1, 0.15) is 28.9 Å². The molecule has 0 radical (unpaired) electrons. The summed E-state index contributed by atoms with van der Waals surface area (Å²) in [6, 6.07) is 12.5. The first-order valence-electron chi connectivity index (χ1n) is 8.10. The van der Waals surface area contributed by atoms with Crippen LogP contribution in [0.5, 0.6) is 0 Å². The molecule has 6 heteroatoms. The van der Waals surface area contributed by atoms with Crippen LogP contribution in [0, 0.1) is 0 Å². The summed E-state index contributed by atoms with van der Waals surface area (Å²) in [6.45, 7) is 0.498. The smallest absolute Gasteiger partial charge is 0.220 e. The van der Waals surface area contributed by atoms with Gasteiger partial charge in [-0.3, -0.25) is 9.59 Å². The van der Waals surface area contributed by atoms with E-state index < -0.39 is 0 Å². The molecule has 0 aliphatic carbocycles. The highest BCUT2D eigenvalue weighted by atomic mass is 35.5. The third-order valence-electron chi connectivity index (χ3n) is 3.86. The summed E-state index contributed by atoms with van der Waals surface area (Å²) in [6.07, 6.45) is 4.89. The summed E-state index contributed by atoms with van der Waals surface area (Å²) in [5.41, 5.74) is 2.38. The molecular formula is C19H18ClN3O2. The van der Waals surface area contributed by atoms with Gasteiger partial charge in [-0.1, -0.05) is 17.7 Å². The van der Waals surface area contributed by atoms with Gasteiger partial charge in [0.15, 0.2) is 5.78 Å². The van der Waals surface area contributed by atoms with Crippen LogP contribution in [0.3, 0.4) is 0 Å². The molecule has 1 N–H and O–H groups in total. The molecule has 0 fully saturated rings. The monoisotopic (exact) mass is 355 g/mol. The number of hydrogen-bond donors (Lipinski definition) is 1. The minimum Gasteiger partial charge on any atom is -0.356 e. The van der Waals surface area contributed by atoms with Gasteiger partial charge in [-0.25, -0.2) is 4.98 Å². The zero-order valence-electron chi connectivity index (χ0n) is 13.6. The highest BCUT2D eigenvalue weighted by Gasteiger charge is 2.09. The number of nitrogens with zero attached hydrogens (tertiary/aromatic N) is 2. The van der Waals surface area contributed by atoms with Crippen molar-refractivity contribution in [1.82, 2.24) is 14.7 Å². The summed E-state index contributed by atoms with van der Waals surface area (Å²) >= 11 is 5.80. The molecule has 3 aromatic rings. The molecule has 0 bridgehead atoms. The Labute approximate surface area is 150 Å². The molecule has 2 aromatic heterocycles. The lowest BCUT2D eigenvalue weighted by Gasteiger charge is -2.04. The van der Waals surface area contributed by atoms with Gasteiger partial charge in [0.05, 0.1) is 5.69 Å². The van der Waals surface area contributed by atoms with Gasteiger partial charge >= 0.3 is 0 Å². The van der Waals surface area contributed by atoms with Gasteiger partial charge in [0.1, 0.15) is 5.65 Å². The summed E-state index contributed by atoms with van der Waals surface area (Å²) < 4.78 is 1.95. The molecule has 2 heterocycles. The summed E-state index contributed by atoms with van der Waals surface area (Å²) in [5, 5.41) is 3.41. The van der Waals surface area contributed by atoms with E-state index in [1.807, 2.05) is 35.0 Å². The van der Waals surface area contributed by atoms with Crippen molar-refractivity contribution in [3.05, 3.63) is 71.1 Å². The fraction of sp³-hybridized carbons (Fsp3) is 0.211. The van der Waals surface area contributed by atoms with Crippen molar-refractivity contribution in [1.29, 1.82) is 0 Å². The van der Waals surface area contributed by atoms with Gasteiger partial charge < -0.3 is 9.72 Å². The van der Waals surface area contributed by atoms with Crippen molar-refractivity contribution in [2.24, 2.45) is 0 Å². The standard InChI is InChI=1S/C19H18ClN3O2/c20-15-6-4-14(5-7-15)17(24)8-9-19(25)21-11-10-16-13-23-12-2-1-3-18(23)22-16/h1-7,12-13H,8-11H2,(H,21,25). The number of ketones is 1. The number of rotatable bonds is 7. The van der Waals surface area contributed by atoms with E-state index in [-0.39, 0.29) is 24.5 Å². The van der Waals surface area contributed by atoms with Gasteiger partial charge in [0.2, 0.25) is 5.91 Å². The SMILES string of the molecule is O=C(CCC(=O)c1ccc(Cl)cc1)NCCc1cn2ccccc2n1. The molecule has 5 nitrogen and oxygen atoms in total. The van der Waals surface area contributed by atoms with E-state index >= 15 is 0 Å². The van der Waals surface area contributed by atoms with E-state index in [2.05, 4.69) is 10.3 Å². The summed E-state index contributed by atoms with van der Waals surface area (Å²) in [5.74, 6) is -0.196. The van der Waals surface area contributed by atoms with Crippen molar-refractivity contribution in [3.63, 3.8) is 0 Å². The molecule has 0 unspecified atom stereocenters. The molecule has 0 atom stereocenters. The van der Waals surface area contributed by atoms with Crippen molar-refractivity contribution < 1.29 is 9.59 Å². The Balaban J connectivity index is 1.42. The molecule has 0 aliphatic rings. The summed E-state index contributed by atoms with van der Waals surface area (Å²) in [4.78, 5) is 28.4. The van der Waals surface area contributed by atoms with Crippen LogP contribution >= 0.6 is 11.6 Å². The Hall–Kier alpha value is -2.66. The van der Waals surface area contributed by atoms with Crippen molar-refractivity contribution in [2.75, 3.05) is 6.54 Å². The van der Waals surface area contributed by atoms with Crippen LogP contribution in [-0.2, 0) is 11.2 Å². The molecule has 0 aliphatic heterocycles. The van der Waals surface area contributed by atoms with E-state index in [9.17, 15) is 9.59 Å². The van der Waals surface area contributed by atoms with E-state index in [0.29, 0.717) is 23.6 Å². The number of carbonyl (C=O) groups is 2. The maximum Gasteiger partial charge on any atom is 0.220 e. The van der Waals surface area contributed by atoms with Gasteiger partial charge in [-0.2, -0.15) is 0 Å². The van der Waals surface area contributed by atoms with Crippen molar-refractivity contribution in [3.8, 4) is 0 Å². The molecule has 0 saturated carbocycles. The van der Waals surface area contributed by atoms with Crippen LogP contribution in [-0.4, -0.2) is 27.6 Å². The minimum absolute atomic E-state index is 0.0628. The number of imidazole rings is 1. The average Bonchev–Trinajstić information content (AvgIpc) is 3.03. The number of aromatic nitrogens is 2. The fourth-order valence-corrected chi connectivity index (χ4v) is 2.66. The zero-order chi connectivity index (χ0) is 17.6. The number of halogens is 1. The van der Waals surface area contributed by atoms with Crippen LogP contribution in [0.2, 0.25) is 5.02 Å². The number of nitrogens with one attached hydrogen (secondary N) is 1. The molecule has 0 spiro atoms. The van der Waals surface area contributed by atoms with Gasteiger partial charge in [-0.05, 0) is 36.4 Å². The second-order valence-corrected chi connectivity index (χ2v) is 6.16. The molecule has 1 amide bonds. The lowest BCUT2D eigenvalue weighted by molar-refractivity contribution is -0.121. The maximum absolute atomic E-state index is 12.0. The van der Waals surface area contributed by atoms with Gasteiger partial charge in [0, 0.05) is 48.8 Å². The van der Waals surface area contributed by atoms with E-state index in [1.54, 1.807) is 24.3 Å². The normalized spacial score (nSPS) is 10.8. The van der Waals surface area contributed by atoms with Crippen LogP contribution < -0.4 is 5.32 Å². The highest BCUT2D eigenvalue weighted by molar-refractivity contribution is 6.30. The fourth-order valence-electron chi connectivity index (χ4n) is 2.53. The Morgan fingerprint density at radius 2 is 1.88 bits per heavy atom. The Kier molecular flexibility index (Phi) is 5.46. The van der Waals surface area contributed by atoms with Crippen LogP contribution in [0.15, 0.2) is 54.9 Å². The van der Waals surface area contributed by atoms with Gasteiger partial charge in [0.25, 0.3) is 0 Å². The first kappa shape index (κ1) is 17.2. The van der Waals surface area contributed by atoms with Crippen molar-refractivity contribution >= 4 is 28.9 Å². The number of fused-ring (bicyclic) bond motifs is 1. The lowest BCUT2D eigenvalue weighted by Crippen LogP contribution is -2.26. The summed E-state index contributed by atoms with van der Waals surface area (Å²) in [7, 11) is 0. The number of benzene rings is 1. The van der Waals surface area contributed by atoms with Crippen LogP contribution in [0.4, 0.5) is 0 Å². The molecule has 0 saturated heterocycles. The number of Topliss-reactive ketones (excluding diaryl/α,β-unsaturated/α-hetero) is 1. The van der Waals surface area contributed by atoms with Crippen LogP contribution in [0.25, 0.3) is 5.65 Å². The zero-order valence-corrected chi connectivity index (χ0v) is 14.4. The first-order valence-corrected chi connectivity index (χ1v) is 8.48. The molecule has 1 aromatic carbocycles.